The molecule has 2 aromatic rings. The first-order chi connectivity index (χ1) is 16.7. The zero-order valence-electron chi connectivity index (χ0n) is 19.5. The Morgan fingerprint density at radius 1 is 0.686 bits per heavy atom. The normalized spacial score (nSPS) is 10.7. The average Bonchev–Trinajstić information content (AvgIpc) is 3.19. The summed E-state index contributed by atoms with van der Waals surface area (Å²) >= 11 is 0. The number of carboxylic acids is 1. The quantitative estimate of drug-likeness (QED) is 0.251. The average molecular weight is 484 g/mol. The summed E-state index contributed by atoms with van der Waals surface area (Å²) in [6.07, 6.45) is 1.85. The summed E-state index contributed by atoms with van der Waals surface area (Å²) in [7, 11) is 0. The van der Waals surface area contributed by atoms with Gasteiger partial charge in [-0.25, -0.2) is 0 Å². The summed E-state index contributed by atoms with van der Waals surface area (Å²) in [4.78, 5) is 80.9. The van der Waals surface area contributed by atoms with Crippen LogP contribution in [-0.4, -0.2) is 50.8 Å². The number of ketones is 5. The van der Waals surface area contributed by atoms with E-state index in [4.69, 9.17) is 5.11 Å². The van der Waals surface area contributed by atoms with Crippen molar-refractivity contribution in [2.24, 2.45) is 0 Å². The third-order valence-electron chi connectivity index (χ3n) is 5.66. The summed E-state index contributed by atoms with van der Waals surface area (Å²) in [6, 6.07) is 7.41. The molecule has 0 aliphatic heterocycles. The minimum atomic E-state index is -1.24. The SMILES string of the molecule is O=Cc1cn(CCC(=O)CCC(=O)CCC(=O)CCC(=O)CCC(=O)CC(=O)O)c2ccccc12. The molecule has 0 aliphatic rings. The largest absolute Gasteiger partial charge is 0.481 e. The van der Waals surface area contributed by atoms with Crippen LogP contribution in [0.5, 0.6) is 0 Å². The lowest BCUT2D eigenvalue weighted by molar-refractivity contribution is -0.140. The second-order valence-electron chi connectivity index (χ2n) is 8.43. The first-order valence-electron chi connectivity index (χ1n) is 11.5. The molecule has 0 amide bonds. The monoisotopic (exact) mass is 483 g/mol. The molecule has 0 bridgehead atoms. The van der Waals surface area contributed by atoms with E-state index in [1.165, 1.54) is 0 Å². The van der Waals surface area contributed by atoms with E-state index in [1.807, 2.05) is 28.8 Å². The van der Waals surface area contributed by atoms with Gasteiger partial charge in [-0.05, 0) is 6.07 Å². The van der Waals surface area contributed by atoms with Crippen LogP contribution in [0.4, 0.5) is 0 Å². The molecule has 0 unspecified atom stereocenters. The van der Waals surface area contributed by atoms with E-state index >= 15 is 0 Å². The number of para-hydroxylation sites is 1. The van der Waals surface area contributed by atoms with Gasteiger partial charge in [0.1, 0.15) is 35.3 Å². The molecule has 0 fully saturated rings. The number of benzene rings is 1. The lowest BCUT2D eigenvalue weighted by atomic mass is 10.0. The fourth-order valence-electron chi connectivity index (χ4n) is 3.67. The van der Waals surface area contributed by atoms with Gasteiger partial charge in [-0.2, -0.15) is 0 Å². The van der Waals surface area contributed by atoms with Gasteiger partial charge >= 0.3 is 5.97 Å². The molecule has 0 aliphatic carbocycles. The molecule has 186 valence electrons. The van der Waals surface area contributed by atoms with Gasteiger partial charge in [0.15, 0.2) is 6.29 Å². The van der Waals surface area contributed by atoms with Gasteiger partial charge in [0.2, 0.25) is 0 Å². The van der Waals surface area contributed by atoms with Crippen molar-refractivity contribution in [3.05, 3.63) is 36.0 Å². The maximum Gasteiger partial charge on any atom is 0.310 e. The van der Waals surface area contributed by atoms with Crippen molar-refractivity contribution in [3.63, 3.8) is 0 Å². The summed E-state index contributed by atoms with van der Waals surface area (Å²) in [6.45, 7) is 0.399. The van der Waals surface area contributed by atoms with Crippen LogP contribution in [0.1, 0.15) is 74.6 Å². The summed E-state index contributed by atoms with van der Waals surface area (Å²) in [5.74, 6) is -2.62. The first-order valence-corrected chi connectivity index (χ1v) is 11.5. The minimum absolute atomic E-state index is 0.00232. The third kappa shape index (κ3) is 9.56. The first kappa shape index (κ1) is 27.5. The summed E-state index contributed by atoms with van der Waals surface area (Å²) in [5.41, 5.74) is 1.42. The Morgan fingerprint density at radius 3 is 1.63 bits per heavy atom. The molecule has 0 atom stereocenters. The molecule has 9 heteroatoms. The zero-order valence-corrected chi connectivity index (χ0v) is 19.5. The Balaban J connectivity index is 1.63. The molecule has 2 rings (SSSR count). The highest BCUT2D eigenvalue weighted by Crippen LogP contribution is 2.20. The minimum Gasteiger partial charge on any atom is -0.481 e. The highest BCUT2D eigenvalue weighted by atomic mass is 16.4. The molecule has 1 aromatic carbocycles. The smallest absolute Gasteiger partial charge is 0.310 e. The Hall–Kier alpha value is -3.75. The topological polar surface area (TPSA) is 145 Å². The Morgan fingerprint density at radius 2 is 1.14 bits per heavy atom. The standard InChI is InChI=1S/C26H29NO8/c28-17-18-16-27(25-4-2-1-3-24(18)25)14-13-22(32)10-9-20(30)6-5-19(29)7-8-21(31)11-12-23(33)15-26(34)35/h1-4,16-17H,5-15H2,(H,34,35). The van der Waals surface area contributed by atoms with Crippen molar-refractivity contribution in [2.45, 2.75) is 70.8 Å². The molecule has 9 nitrogen and oxygen atoms in total. The van der Waals surface area contributed by atoms with E-state index in [0.29, 0.717) is 12.1 Å². The van der Waals surface area contributed by atoms with Crippen LogP contribution in [0.15, 0.2) is 30.5 Å². The van der Waals surface area contributed by atoms with Crippen LogP contribution in [0.25, 0.3) is 10.9 Å². The van der Waals surface area contributed by atoms with Crippen molar-refractivity contribution in [1.29, 1.82) is 0 Å². The number of aromatic nitrogens is 1. The molecular formula is C26H29NO8. The Bertz CT molecular complexity index is 1130. The maximum absolute atomic E-state index is 12.2. The lowest BCUT2D eigenvalue weighted by Crippen LogP contribution is -2.11. The van der Waals surface area contributed by atoms with Crippen LogP contribution < -0.4 is 0 Å². The molecular weight excluding hydrogens is 454 g/mol. The van der Waals surface area contributed by atoms with Gasteiger partial charge in [0.25, 0.3) is 0 Å². The van der Waals surface area contributed by atoms with Crippen LogP contribution >= 0.6 is 0 Å². The van der Waals surface area contributed by atoms with E-state index in [0.717, 1.165) is 17.2 Å². The fraction of sp³-hybridized carbons (Fsp3) is 0.423. The number of hydrogen-bond acceptors (Lipinski definition) is 7. The van der Waals surface area contributed by atoms with Crippen LogP contribution in [0, 0.1) is 0 Å². The third-order valence-corrected chi connectivity index (χ3v) is 5.66. The Labute approximate surface area is 202 Å². The van der Waals surface area contributed by atoms with Crippen LogP contribution in [0.3, 0.4) is 0 Å². The lowest BCUT2D eigenvalue weighted by Gasteiger charge is -2.05. The molecule has 1 heterocycles. The van der Waals surface area contributed by atoms with Crippen molar-refractivity contribution in [3.8, 4) is 0 Å². The zero-order chi connectivity index (χ0) is 25.8. The van der Waals surface area contributed by atoms with Gasteiger partial charge in [-0.15, -0.1) is 0 Å². The van der Waals surface area contributed by atoms with Gasteiger partial charge in [0, 0.05) is 87.0 Å². The number of hydrogen-bond donors (Lipinski definition) is 1. The van der Waals surface area contributed by atoms with Gasteiger partial charge in [-0.1, -0.05) is 18.2 Å². The van der Waals surface area contributed by atoms with Crippen molar-refractivity contribution < 1.29 is 38.7 Å². The molecule has 1 aromatic heterocycles. The molecule has 0 radical (unpaired) electrons. The Kier molecular flexibility index (Phi) is 10.9. The summed E-state index contributed by atoms with van der Waals surface area (Å²) in [5, 5.41) is 9.33. The molecule has 0 spiro atoms. The fourth-order valence-corrected chi connectivity index (χ4v) is 3.67. The van der Waals surface area contributed by atoms with Crippen LogP contribution in [0.2, 0.25) is 0 Å². The molecule has 1 N–H and O–H groups in total. The number of fused-ring (bicyclic) bond motifs is 1. The second-order valence-corrected chi connectivity index (χ2v) is 8.43. The van der Waals surface area contributed by atoms with E-state index < -0.39 is 18.2 Å². The number of carbonyl (C=O) groups is 7. The van der Waals surface area contributed by atoms with E-state index in [9.17, 15) is 33.6 Å². The number of aryl methyl sites for hydroxylation is 1. The molecule has 35 heavy (non-hydrogen) atoms. The predicted molar refractivity (Wildman–Crippen MR) is 126 cm³/mol. The number of aliphatic carboxylic acids is 1. The second kappa shape index (κ2) is 13.8. The number of Topliss-reactive ketones (excluding diaryl/α,β-unsaturated/α-hetero) is 5. The van der Waals surface area contributed by atoms with Crippen molar-refractivity contribution in [1.82, 2.24) is 4.57 Å². The predicted octanol–water partition coefficient (Wildman–Crippen LogP) is 3.28. The van der Waals surface area contributed by atoms with Gasteiger partial charge < -0.3 is 9.67 Å². The van der Waals surface area contributed by atoms with Gasteiger partial charge in [-0.3, -0.25) is 33.6 Å². The highest BCUT2D eigenvalue weighted by Gasteiger charge is 2.14. The maximum atomic E-state index is 12.2. The van der Waals surface area contributed by atoms with Gasteiger partial charge in [0.05, 0.1) is 0 Å². The molecule has 0 saturated carbocycles. The number of aldehydes is 1. The van der Waals surface area contributed by atoms with Crippen molar-refractivity contribution >= 4 is 52.1 Å². The van der Waals surface area contributed by atoms with E-state index in [1.54, 1.807) is 6.20 Å². The summed E-state index contributed by atoms with van der Waals surface area (Å²) < 4.78 is 1.85. The van der Waals surface area contributed by atoms with Crippen molar-refractivity contribution in [2.75, 3.05) is 0 Å². The number of rotatable bonds is 18. The number of carbonyl (C=O) groups excluding carboxylic acids is 6. The number of carboxylic acid groups (broad SMARTS) is 1. The molecule has 0 saturated heterocycles. The van der Waals surface area contributed by atoms with E-state index in [-0.39, 0.29) is 80.9 Å². The van der Waals surface area contributed by atoms with Crippen LogP contribution in [-0.2, 0) is 35.3 Å². The van der Waals surface area contributed by atoms with E-state index in [2.05, 4.69) is 0 Å². The highest BCUT2D eigenvalue weighted by molar-refractivity contribution is 5.98. The number of nitrogens with zero attached hydrogens (tertiary/aromatic N) is 1.